The molecule has 0 spiro atoms. The lowest BCUT2D eigenvalue weighted by atomic mass is 9.93. The van der Waals surface area contributed by atoms with Gasteiger partial charge in [0.15, 0.2) is 0 Å². The van der Waals surface area contributed by atoms with E-state index in [1.165, 1.54) is 37.7 Å². The van der Waals surface area contributed by atoms with Crippen molar-refractivity contribution in [2.24, 2.45) is 0 Å². The van der Waals surface area contributed by atoms with Crippen LogP contribution in [0, 0.1) is 0 Å². The summed E-state index contributed by atoms with van der Waals surface area (Å²) in [5, 5.41) is 11.9. The van der Waals surface area contributed by atoms with Crippen molar-refractivity contribution in [1.29, 1.82) is 0 Å². The normalized spacial score (nSPS) is 20.6. The van der Waals surface area contributed by atoms with Gasteiger partial charge in [-0.25, -0.2) is 8.42 Å². The molecule has 2 heterocycles. The van der Waals surface area contributed by atoms with E-state index < -0.39 is 28.0 Å². The van der Waals surface area contributed by atoms with E-state index in [4.69, 9.17) is 9.47 Å². The number of rotatable bonds is 5. The zero-order valence-electron chi connectivity index (χ0n) is 15.0. The van der Waals surface area contributed by atoms with Crippen LogP contribution in [0.2, 0.25) is 0 Å². The molecule has 7 nitrogen and oxygen atoms in total. The Kier molecular flexibility index (Phi) is 5.85. The second-order valence-corrected chi connectivity index (χ2v) is 8.99. The van der Waals surface area contributed by atoms with Crippen LogP contribution in [-0.4, -0.2) is 57.2 Å². The minimum absolute atomic E-state index is 0.0548. The van der Waals surface area contributed by atoms with E-state index in [2.05, 4.69) is 0 Å². The molecule has 1 aromatic heterocycles. The molecule has 1 aliphatic heterocycles. The summed E-state index contributed by atoms with van der Waals surface area (Å²) < 4.78 is 37.7. The topological polar surface area (TPSA) is 93.1 Å². The third-order valence-electron chi connectivity index (χ3n) is 4.74. The average Bonchev–Trinajstić information content (AvgIpc) is 3.08. The Morgan fingerprint density at radius 2 is 1.96 bits per heavy atom. The van der Waals surface area contributed by atoms with Crippen molar-refractivity contribution >= 4 is 27.3 Å². The largest absolute Gasteiger partial charge is 0.497 e. The first-order chi connectivity index (χ1) is 12.9. The summed E-state index contributed by atoms with van der Waals surface area (Å²) in [5.41, 5.74) is 0.797. The minimum atomic E-state index is -3.98. The first kappa shape index (κ1) is 19.8. The minimum Gasteiger partial charge on any atom is -0.497 e. The Morgan fingerprint density at radius 1 is 1.26 bits per heavy atom. The van der Waals surface area contributed by atoms with E-state index in [9.17, 15) is 18.3 Å². The van der Waals surface area contributed by atoms with Gasteiger partial charge in [-0.3, -0.25) is 4.79 Å². The average molecular weight is 412 g/mol. The van der Waals surface area contributed by atoms with E-state index in [0.717, 1.165) is 14.7 Å². The van der Waals surface area contributed by atoms with Gasteiger partial charge in [0.1, 0.15) is 11.8 Å². The maximum atomic E-state index is 13.3. The van der Waals surface area contributed by atoms with Gasteiger partial charge < -0.3 is 14.6 Å². The number of carbonyl (C=O) groups is 1. The zero-order valence-corrected chi connectivity index (χ0v) is 16.6. The molecular formula is C18H21NO6S2. The van der Waals surface area contributed by atoms with Crippen LogP contribution >= 0.6 is 11.3 Å². The van der Waals surface area contributed by atoms with Crippen LogP contribution in [0.15, 0.2) is 40.6 Å². The number of nitrogens with zero attached hydrogens (tertiary/aromatic N) is 1. The Morgan fingerprint density at radius 3 is 2.56 bits per heavy atom. The highest BCUT2D eigenvalue weighted by Gasteiger charge is 2.44. The maximum absolute atomic E-state index is 13.3. The first-order valence-corrected chi connectivity index (χ1v) is 10.7. The highest BCUT2D eigenvalue weighted by atomic mass is 32.2. The standard InChI is InChI=1S/C18H21NO6S2/c1-24-12-3-5-13(6-4-12)27(22,23)19-9-7-16-14(8-10-26-16)15(11-20)17(19)18(21)25-2/h3-6,8,10,15,17,20H,7,9,11H2,1-2H3/t15-,17-/m1/s1. The van der Waals surface area contributed by atoms with Gasteiger partial charge in [-0.05, 0) is 47.7 Å². The molecule has 0 saturated carbocycles. The fraction of sp³-hybridized carbons (Fsp3) is 0.389. The summed E-state index contributed by atoms with van der Waals surface area (Å²) in [6, 6.07) is 6.69. The van der Waals surface area contributed by atoms with Crippen molar-refractivity contribution < 1.29 is 27.8 Å². The molecule has 0 radical (unpaired) electrons. The third kappa shape index (κ3) is 3.60. The van der Waals surface area contributed by atoms with Gasteiger partial charge in [-0.15, -0.1) is 11.3 Å². The molecule has 2 aromatic rings. The van der Waals surface area contributed by atoms with Gasteiger partial charge in [0.05, 0.1) is 25.7 Å². The van der Waals surface area contributed by atoms with Gasteiger partial charge in [0.25, 0.3) is 0 Å². The predicted octanol–water partition coefficient (Wildman–Crippen LogP) is 1.62. The number of benzene rings is 1. The van der Waals surface area contributed by atoms with Gasteiger partial charge in [0.2, 0.25) is 10.0 Å². The Balaban J connectivity index is 2.08. The second kappa shape index (κ2) is 7.97. The van der Waals surface area contributed by atoms with Crippen LogP contribution in [0.1, 0.15) is 16.4 Å². The highest BCUT2D eigenvalue weighted by molar-refractivity contribution is 7.89. The fourth-order valence-electron chi connectivity index (χ4n) is 3.36. The van der Waals surface area contributed by atoms with Crippen LogP contribution in [0.25, 0.3) is 0 Å². The summed E-state index contributed by atoms with van der Waals surface area (Å²) >= 11 is 1.49. The number of ether oxygens (including phenoxy) is 2. The number of esters is 1. The van der Waals surface area contributed by atoms with Gasteiger partial charge in [-0.1, -0.05) is 0 Å². The van der Waals surface area contributed by atoms with Crippen molar-refractivity contribution in [2.45, 2.75) is 23.3 Å². The molecule has 146 valence electrons. The molecule has 0 saturated heterocycles. The third-order valence-corrected chi connectivity index (χ3v) is 7.63. The Bertz CT molecular complexity index is 906. The van der Waals surface area contributed by atoms with Gasteiger partial charge in [-0.2, -0.15) is 4.31 Å². The number of hydrogen-bond acceptors (Lipinski definition) is 7. The summed E-state index contributed by atoms with van der Waals surface area (Å²) in [6.07, 6.45) is 0.465. The van der Waals surface area contributed by atoms with E-state index in [1.54, 1.807) is 12.1 Å². The number of sulfonamides is 1. The fourth-order valence-corrected chi connectivity index (χ4v) is 5.92. The molecular weight excluding hydrogens is 390 g/mol. The SMILES string of the molecule is COC(=O)[C@H]1[C@H](CO)c2ccsc2CCN1S(=O)(=O)c1ccc(OC)cc1. The number of carbonyl (C=O) groups excluding carboxylic acids is 1. The molecule has 0 fully saturated rings. The summed E-state index contributed by atoms with van der Waals surface area (Å²) in [5.74, 6) is -0.843. The molecule has 2 atom stereocenters. The van der Waals surface area contributed by atoms with Gasteiger partial charge >= 0.3 is 5.97 Å². The molecule has 0 amide bonds. The molecule has 0 aliphatic carbocycles. The number of aliphatic hydroxyl groups is 1. The molecule has 1 N–H and O–H groups in total. The summed E-state index contributed by atoms with van der Waals surface area (Å²) in [6.45, 7) is -0.240. The number of hydrogen-bond donors (Lipinski definition) is 1. The van der Waals surface area contributed by atoms with Crippen molar-refractivity contribution in [2.75, 3.05) is 27.4 Å². The maximum Gasteiger partial charge on any atom is 0.324 e. The van der Waals surface area contributed by atoms with E-state index in [1.807, 2.05) is 11.4 Å². The first-order valence-electron chi connectivity index (χ1n) is 8.35. The van der Waals surface area contributed by atoms with Gasteiger partial charge in [0, 0.05) is 17.3 Å². The molecule has 27 heavy (non-hydrogen) atoms. The van der Waals surface area contributed by atoms with Crippen molar-refractivity contribution in [1.82, 2.24) is 4.31 Å². The lowest BCUT2D eigenvalue weighted by molar-refractivity contribution is -0.146. The molecule has 3 rings (SSSR count). The summed E-state index contributed by atoms with van der Waals surface area (Å²) in [7, 11) is -1.27. The van der Waals surface area contributed by atoms with E-state index >= 15 is 0 Å². The van der Waals surface area contributed by atoms with Crippen LogP contribution in [0.4, 0.5) is 0 Å². The molecule has 9 heteroatoms. The van der Waals surface area contributed by atoms with Crippen LogP contribution < -0.4 is 4.74 Å². The molecule has 1 aromatic carbocycles. The van der Waals surface area contributed by atoms with Crippen molar-refractivity contribution in [3.8, 4) is 5.75 Å². The summed E-state index contributed by atoms with van der Waals surface area (Å²) in [4.78, 5) is 13.6. The van der Waals surface area contributed by atoms with Crippen LogP contribution in [0.3, 0.4) is 0 Å². The lowest BCUT2D eigenvalue weighted by Gasteiger charge is -2.31. The molecule has 1 aliphatic rings. The Labute approximate surface area is 162 Å². The number of thiophene rings is 1. The van der Waals surface area contributed by atoms with Crippen LogP contribution in [-0.2, 0) is 26.0 Å². The predicted molar refractivity (Wildman–Crippen MR) is 101 cm³/mol. The second-order valence-electron chi connectivity index (χ2n) is 6.10. The monoisotopic (exact) mass is 411 g/mol. The smallest absolute Gasteiger partial charge is 0.324 e. The molecule has 0 unspecified atom stereocenters. The number of aliphatic hydroxyl groups excluding tert-OH is 1. The quantitative estimate of drug-likeness (QED) is 0.752. The molecule has 0 bridgehead atoms. The zero-order chi connectivity index (χ0) is 19.6. The van der Waals surface area contributed by atoms with Crippen LogP contribution in [0.5, 0.6) is 5.75 Å². The number of methoxy groups -OCH3 is 2. The number of fused-ring (bicyclic) bond motifs is 1. The van der Waals surface area contributed by atoms with E-state index in [-0.39, 0.29) is 18.0 Å². The van der Waals surface area contributed by atoms with E-state index in [0.29, 0.717) is 12.2 Å². The highest BCUT2D eigenvalue weighted by Crippen LogP contribution is 2.36. The Hall–Kier alpha value is -1.94. The van der Waals surface area contributed by atoms with Crippen molar-refractivity contribution in [3.05, 3.63) is 46.2 Å². The lowest BCUT2D eigenvalue weighted by Crippen LogP contribution is -2.49. The van der Waals surface area contributed by atoms with Crippen molar-refractivity contribution in [3.63, 3.8) is 0 Å².